The fraction of sp³-hybridized carbons (Fsp3) is 1.00. The van der Waals surface area contributed by atoms with Crippen molar-refractivity contribution < 1.29 is 427 Å². The average molecular weight is 2080 g/mol. The van der Waals surface area contributed by atoms with Crippen LogP contribution in [0.4, 0.5) is 0 Å². The zero-order valence-corrected chi connectivity index (χ0v) is 89.7. The Balaban J connectivity index is 0.00000968. The molecule has 15 N–H and O–H groups in total. The first-order valence-electron chi connectivity index (χ1n) is 39.9. The molecule has 131 heavy (non-hydrogen) atoms. The van der Waals surface area contributed by atoms with Gasteiger partial charge in [-0.05, 0) is 77.0 Å². The molecule has 0 unspecified atom stereocenters. The Morgan fingerprint density at radius 2 is 0.313 bits per heavy atom. The van der Waals surface area contributed by atoms with E-state index in [4.69, 9.17) is 94.7 Å². The van der Waals surface area contributed by atoms with Crippen molar-refractivity contribution >= 4 is 60.7 Å². The van der Waals surface area contributed by atoms with E-state index in [2.05, 4.69) is 0 Å². The van der Waals surface area contributed by atoms with Crippen LogP contribution in [0.2, 0.25) is 0 Å². The maximum atomic E-state index is 12.3. The van der Waals surface area contributed by atoms with E-state index in [1.807, 2.05) is 0 Å². The van der Waals surface area contributed by atoms with Gasteiger partial charge in [0.15, 0.2) is 44.0 Å². The fourth-order valence-electron chi connectivity index (χ4n) is 14.4. The van der Waals surface area contributed by atoms with Crippen LogP contribution in [0.25, 0.3) is 0 Å². The molecule has 0 aliphatic carbocycles. The van der Waals surface area contributed by atoms with E-state index in [1.165, 1.54) is 0 Å². The molecule has 0 aromatic rings. The van der Waals surface area contributed by atoms with Crippen LogP contribution in [0.5, 0.6) is 0 Å². The second-order valence-corrected chi connectivity index (χ2v) is 40.0. The zero-order valence-electron chi connectivity index (χ0n) is 72.8. The van der Waals surface area contributed by atoms with Crippen molar-refractivity contribution in [3.8, 4) is 0 Å². The largest absolute Gasteiger partial charge is 1.00 e. The summed E-state index contributed by atoms with van der Waals surface area (Å²) in [5, 5.41) is 180. The van der Waals surface area contributed by atoms with Gasteiger partial charge in [0, 0.05) is 74.2 Å². The van der Waals surface area contributed by atoms with E-state index in [9.17, 15) is 154 Å². The molecule has 21 heterocycles. The Labute approximate surface area is 889 Å². The van der Waals surface area contributed by atoms with Gasteiger partial charge < -0.3 is 199 Å². The minimum Gasteiger partial charge on any atom is -0.748 e. The number of unbranched alkanes of at least 4 members (excludes halogenated alkanes) is 6. The van der Waals surface area contributed by atoms with Crippen molar-refractivity contribution in [2.75, 3.05) is 120 Å². The predicted molar refractivity (Wildman–Crippen MR) is 394 cm³/mol. The molecule has 736 valence electrons. The summed E-state index contributed by atoms with van der Waals surface area (Å²) >= 11 is 0. The van der Waals surface area contributed by atoms with Gasteiger partial charge in [0.25, 0.3) is 0 Å². The molecular formula is C66H112Na6O53S6. The van der Waals surface area contributed by atoms with Crippen molar-refractivity contribution in [1.29, 1.82) is 0 Å². The van der Waals surface area contributed by atoms with Gasteiger partial charge in [0.1, 0.15) is 171 Å². The molecule has 0 aromatic heterocycles. The Morgan fingerprint density at radius 1 is 0.191 bits per heavy atom. The van der Waals surface area contributed by atoms with E-state index >= 15 is 0 Å². The summed E-state index contributed by atoms with van der Waals surface area (Å²) in [6.45, 7) is -8.48. The van der Waals surface area contributed by atoms with Crippen LogP contribution in [-0.4, -0.2) is 490 Å². The first-order valence-corrected chi connectivity index (χ1v) is 49.4. The number of hydrogen-bond acceptors (Lipinski definition) is 53. The van der Waals surface area contributed by atoms with E-state index < -0.39 is 396 Å². The molecule has 0 amide bonds. The van der Waals surface area contributed by atoms with Crippen LogP contribution in [0.15, 0.2) is 0 Å². The molecule has 0 spiro atoms. The van der Waals surface area contributed by atoms with Crippen LogP contribution < -0.4 is 177 Å². The second-order valence-electron chi connectivity index (χ2n) is 30.8. The molecule has 21 saturated heterocycles. The molecule has 21 aliphatic rings. The zero-order chi connectivity index (χ0) is 92.3. The summed E-state index contributed by atoms with van der Waals surface area (Å²) in [4.78, 5) is 0. The van der Waals surface area contributed by atoms with Gasteiger partial charge in [0.2, 0.25) is 0 Å². The first-order chi connectivity index (χ1) is 58.5. The Morgan fingerprint density at radius 3 is 0.435 bits per heavy atom. The number of ether oxygens (including phenoxy) is 20. The van der Waals surface area contributed by atoms with Crippen LogP contribution >= 0.6 is 0 Å². The van der Waals surface area contributed by atoms with Crippen molar-refractivity contribution in [1.82, 2.24) is 0 Å². The van der Waals surface area contributed by atoms with Crippen molar-refractivity contribution in [2.24, 2.45) is 0 Å². The standard InChI is InChI=1S/C66H118O53S6.6Na/c67-25-32-53-39(68)46(75)60(106-32)114-54-33(26-100-13-1-7-19-120(82,83)84)108-62(48(77)41(54)70)116-56-35(28-102-15-3-9-21-122(88,89)90)110-64(50(79)43(56)72)118-58-37(30-104-17-5-11-23-124(94,95)96)112-66(52(81)45(58)74)119-59-38(31-105-18-6-12-24-125(97,98)99)111-65(51(80)44(59)73)117-57-36(29-103-16-4-10-22-123(91,92)93)109-63(49(78)42(57)71)115-55-34(107-61(113-53)47(76)40(55)69)27-101-14-2-8-20-121(85,86)87;;;;;;/h32-81H,1-31H2,(H,82,83,84)(H,85,86,87)(H,88,89,90)(H,91,92,93)(H,94,95,96)(H,97,98,99);;;;;;/q;6*+1/p-6/t32-,33-,34-,35-,36-,37-,38-,39-,40-,41-,42-,43-,44-,45-,46-,47-,48-,49-,50-,51-,52-,53-,54-,55-,56-,57-,58-,59-,60-,61-,62-,63-,64-,65-,66-;;;;;;/m1....../s1. The van der Waals surface area contributed by atoms with Crippen molar-refractivity contribution in [3.63, 3.8) is 0 Å². The average Bonchev–Trinajstić information content (AvgIpc) is 0.910. The Kier molecular flexibility index (Phi) is 61.8. The molecule has 0 saturated carbocycles. The summed E-state index contributed by atoms with van der Waals surface area (Å²) in [7, 11) is -28.5. The predicted octanol–water partition coefficient (Wildman–Crippen LogP) is -31.1. The third kappa shape index (κ3) is 42.7. The minimum atomic E-state index is -4.76. The second kappa shape index (κ2) is 61.7. The Bertz CT molecular complexity index is 3780. The van der Waals surface area contributed by atoms with Gasteiger partial charge >= 0.3 is 177 Å². The SMILES string of the molecule is O=S(=O)([O-])CCCCOC[C@H]1O[C@@H]2O[C@H]3[C@H](O)[C@@H](O)[C@@H](O[C@H]4[C@H](O)[C@@H](O)[C@@H](O[C@H]5[C@H](O)[C@@H](O)[C@@H](O[C@H]6[C@H](O)[C@@H](O)[C@@H](O[C@H]7[C@H](O)[C@@H](O)[C@@H](O[C@H]8[C@H](O)[C@@H](O)[C@@H](O[C@H]1[C@H](O)[C@H]2O)O[C@@H]8CO)O[C@@H]7COCCCCS(=O)(=O)[O-])O[C@@H]6COCCCCS(=O)(=O)[O-])O[C@@H]5COCCCCS(=O)(=O)[O-])O[C@@H]4COCCCCS(=O)(=O)[O-])O[C@@H]3COCCCCS(=O)(=O)[O-].[Na+].[Na+].[Na+].[Na+].[Na+].[Na+]. The summed E-state index contributed by atoms with van der Waals surface area (Å²) < 4.78 is 327. The minimum absolute atomic E-state index is 0. The first kappa shape index (κ1) is 131. The molecule has 0 radical (unpaired) electrons. The number of hydrogen-bond donors (Lipinski definition) is 15. The topological polar surface area (TPSA) is 831 Å². The molecule has 21 aliphatic heterocycles. The van der Waals surface area contributed by atoms with Gasteiger partial charge in [-0.15, -0.1) is 0 Å². The molecule has 53 nitrogen and oxygen atoms in total. The fourth-order valence-corrected chi connectivity index (χ4v) is 17.8. The van der Waals surface area contributed by atoms with E-state index in [0.29, 0.717) is 0 Å². The molecule has 21 rings (SSSR count). The molecule has 21 fully saturated rings. The van der Waals surface area contributed by atoms with E-state index in [-0.39, 0.29) is 254 Å². The molecular weight excluding hydrogens is 1970 g/mol. The van der Waals surface area contributed by atoms with Crippen LogP contribution in [0.3, 0.4) is 0 Å². The molecule has 35 atom stereocenters. The summed E-state index contributed by atoms with van der Waals surface area (Å²) in [6.07, 6.45) is -80.0. The van der Waals surface area contributed by atoms with Crippen LogP contribution in [0.1, 0.15) is 77.0 Å². The van der Waals surface area contributed by atoms with Gasteiger partial charge in [-0.2, -0.15) is 0 Å². The molecule has 65 heteroatoms. The smallest absolute Gasteiger partial charge is 0.748 e. The quantitative estimate of drug-likeness (QED) is 0.0153. The van der Waals surface area contributed by atoms with Crippen LogP contribution in [0, 0.1) is 0 Å². The van der Waals surface area contributed by atoms with Gasteiger partial charge in [-0.1, -0.05) is 0 Å². The maximum Gasteiger partial charge on any atom is 1.00 e. The summed E-state index contributed by atoms with van der Waals surface area (Å²) in [5.74, 6) is -5.15. The van der Waals surface area contributed by atoms with Gasteiger partial charge in [-0.25, -0.2) is 50.5 Å². The number of aliphatic hydroxyl groups is 15. The molecule has 14 bridgehead atoms. The number of rotatable bonds is 43. The van der Waals surface area contributed by atoms with E-state index in [1.54, 1.807) is 0 Å². The Hall–Kier alpha value is 4.06. The van der Waals surface area contributed by atoms with Crippen LogP contribution in [-0.2, 0) is 155 Å². The summed E-state index contributed by atoms with van der Waals surface area (Å²) in [6, 6.07) is 0. The normalized spacial score (nSPS) is 37.7. The maximum absolute atomic E-state index is 12.3. The van der Waals surface area contributed by atoms with Gasteiger partial charge in [0.05, 0.1) is 107 Å². The van der Waals surface area contributed by atoms with E-state index in [0.717, 1.165) is 0 Å². The summed E-state index contributed by atoms with van der Waals surface area (Å²) in [5.41, 5.74) is 0. The molecule has 0 aromatic carbocycles. The monoisotopic (exact) mass is 2080 g/mol. The van der Waals surface area contributed by atoms with Crippen molar-refractivity contribution in [2.45, 2.75) is 292 Å². The third-order valence-corrected chi connectivity index (χ3v) is 25.7. The third-order valence-electron chi connectivity index (χ3n) is 21.0. The van der Waals surface area contributed by atoms with Crippen molar-refractivity contribution in [3.05, 3.63) is 0 Å². The van der Waals surface area contributed by atoms with Gasteiger partial charge in [-0.3, -0.25) is 0 Å². The number of aliphatic hydroxyl groups excluding tert-OH is 15.